The van der Waals surface area contributed by atoms with E-state index in [1.165, 1.54) is 7.11 Å². The largest absolute Gasteiger partial charge is 0.467 e. The minimum absolute atomic E-state index is 0.362. The van der Waals surface area contributed by atoms with Crippen LogP contribution < -0.4 is 5.73 Å². The minimum Gasteiger partial charge on any atom is -0.467 e. The molecule has 0 aromatic rings. The Hall–Kier alpha value is -0.280. The number of carbonyl (C=O) groups is 1. The van der Waals surface area contributed by atoms with E-state index in [9.17, 15) is 4.79 Å². The molecule has 0 saturated carbocycles. The molecule has 0 aromatic heterocycles. The molecule has 3 nitrogen and oxygen atoms in total. The Kier molecular flexibility index (Phi) is 2.94. The maximum absolute atomic E-state index is 10.6. The van der Waals surface area contributed by atoms with E-state index in [-0.39, 0.29) is 0 Å². The first kappa shape index (κ1) is 8.72. The highest BCUT2D eigenvalue weighted by molar-refractivity contribution is 6.33. The van der Waals surface area contributed by atoms with Crippen LogP contribution in [-0.4, -0.2) is 18.1 Å². The van der Waals surface area contributed by atoms with Crippen molar-refractivity contribution in [1.29, 1.82) is 0 Å². The summed E-state index contributed by atoms with van der Waals surface area (Å²) in [6.07, 6.45) is 0.362. The van der Waals surface area contributed by atoms with Crippen LogP contribution in [0.1, 0.15) is 13.3 Å². The Morgan fingerprint density at radius 1 is 1.89 bits per heavy atom. The SMILES string of the molecule is CCC(N)(Cl)C(=O)OC. The first-order valence-corrected chi connectivity index (χ1v) is 2.98. The van der Waals surface area contributed by atoms with Crippen molar-refractivity contribution in [3.63, 3.8) is 0 Å². The zero-order valence-corrected chi connectivity index (χ0v) is 6.23. The third kappa shape index (κ3) is 2.20. The molecule has 0 aliphatic heterocycles. The molecule has 0 spiro atoms. The van der Waals surface area contributed by atoms with Gasteiger partial charge in [0, 0.05) is 0 Å². The van der Waals surface area contributed by atoms with Crippen molar-refractivity contribution in [3.05, 3.63) is 0 Å². The van der Waals surface area contributed by atoms with Crippen molar-refractivity contribution in [2.75, 3.05) is 7.11 Å². The molecule has 0 radical (unpaired) electrons. The standard InChI is InChI=1S/C5H10ClNO2/c1-3-5(6,7)4(8)9-2/h3,7H2,1-2H3. The van der Waals surface area contributed by atoms with Gasteiger partial charge < -0.3 is 10.5 Å². The second-order valence-corrected chi connectivity index (χ2v) is 2.38. The number of methoxy groups -OCH3 is 1. The topological polar surface area (TPSA) is 52.3 Å². The highest BCUT2D eigenvalue weighted by Crippen LogP contribution is 2.12. The Morgan fingerprint density at radius 3 is 2.44 bits per heavy atom. The van der Waals surface area contributed by atoms with Crippen LogP contribution in [0.2, 0.25) is 0 Å². The van der Waals surface area contributed by atoms with Gasteiger partial charge in [0.2, 0.25) is 0 Å². The number of hydrogen-bond donors (Lipinski definition) is 1. The minimum atomic E-state index is -1.34. The van der Waals surface area contributed by atoms with Gasteiger partial charge in [0.05, 0.1) is 7.11 Å². The molecule has 4 heteroatoms. The number of rotatable bonds is 2. The van der Waals surface area contributed by atoms with Crippen LogP contribution in [0.15, 0.2) is 0 Å². The molecule has 0 aromatic carbocycles. The van der Waals surface area contributed by atoms with Crippen molar-refractivity contribution in [2.45, 2.75) is 18.3 Å². The highest BCUT2D eigenvalue weighted by Gasteiger charge is 2.29. The summed E-state index contributed by atoms with van der Waals surface area (Å²) in [6.45, 7) is 1.71. The van der Waals surface area contributed by atoms with Gasteiger partial charge in [0.25, 0.3) is 0 Å². The monoisotopic (exact) mass is 151 g/mol. The van der Waals surface area contributed by atoms with Gasteiger partial charge in [-0.15, -0.1) is 0 Å². The van der Waals surface area contributed by atoms with Crippen molar-refractivity contribution < 1.29 is 9.53 Å². The maximum atomic E-state index is 10.6. The Balaban J connectivity index is 3.97. The quantitative estimate of drug-likeness (QED) is 0.355. The molecule has 0 aliphatic carbocycles. The van der Waals surface area contributed by atoms with Gasteiger partial charge in [-0.05, 0) is 6.42 Å². The lowest BCUT2D eigenvalue weighted by atomic mass is 10.2. The predicted octanol–water partition coefficient (Wildman–Crippen LogP) is 0.463. The molecular weight excluding hydrogens is 142 g/mol. The molecular formula is C5H10ClNO2. The van der Waals surface area contributed by atoms with Crippen LogP contribution in [0, 0.1) is 0 Å². The van der Waals surface area contributed by atoms with Crippen molar-refractivity contribution in [1.82, 2.24) is 0 Å². The van der Waals surface area contributed by atoms with Crippen LogP contribution in [0.4, 0.5) is 0 Å². The third-order valence-corrected chi connectivity index (χ3v) is 1.46. The van der Waals surface area contributed by atoms with E-state index >= 15 is 0 Å². The van der Waals surface area contributed by atoms with Crippen LogP contribution in [0.25, 0.3) is 0 Å². The molecule has 0 rings (SSSR count). The van der Waals surface area contributed by atoms with Crippen LogP contribution in [0.5, 0.6) is 0 Å². The summed E-state index contributed by atoms with van der Waals surface area (Å²) in [5.41, 5.74) is 5.26. The second-order valence-electron chi connectivity index (χ2n) is 1.71. The molecule has 0 bridgehead atoms. The molecule has 1 unspecified atom stereocenters. The predicted molar refractivity (Wildman–Crippen MR) is 35.1 cm³/mol. The first-order chi connectivity index (χ1) is 4.04. The molecule has 1 atom stereocenters. The van der Waals surface area contributed by atoms with Crippen LogP contribution in [0.3, 0.4) is 0 Å². The van der Waals surface area contributed by atoms with Crippen LogP contribution in [-0.2, 0) is 9.53 Å². The molecule has 0 amide bonds. The molecule has 0 heterocycles. The fraction of sp³-hybridized carbons (Fsp3) is 0.800. The maximum Gasteiger partial charge on any atom is 0.341 e. The van der Waals surface area contributed by atoms with E-state index < -0.39 is 11.0 Å². The molecule has 0 fully saturated rings. The second kappa shape index (κ2) is 3.03. The average molecular weight is 152 g/mol. The number of esters is 1. The Bertz CT molecular complexity index is 114. The molecule has 9 heavy (non-hydrogen) atoms. The summed E-state index contributed by atoms with van der Waals surface area (Å²) in [4.78, 5) is 9.25. The van der Waals surface area contributed by atoms with E-state index in [4.69, 9.17) is 17.3 Å². The summed E-state index contributed by atoms with van der Waals surface area (Å²) in [6, 6.07) is 0. The van der Waals surface area contributed by atoms with Gasteiger partial charge in [-0.3, -0.25) is 0 Å². The van der Waals surface area contributed by atoms with Crippen molar-refractivity contribution in [2.24, 2.45) is 5.73 Å². The lowest BCUT2D eigenvalue weighted by molar-refractivity contribution is -0.143. The zero-order valence-electron chi connectivity index (χ0n) is 5.48. The van der Waals surface area contributed by atoms with E-state index in [1.54, 1.807) is 6.92 Å². The van der Waals surface area contributed by atoms with E-state index in [2.05, 4.69) is 4.74 Å². The van der Waals surface area contributed by atoms with E-state index in [0.29, 0.717) is 6.42 Å². The number of ether oxygens (including phenoxy) is 1. The Labute approximate surface area is 59.1 Å². The van der Waals surface area contributed by atoms with Gasteiger partial charge in [-0.2, -0.15) is 0 Å². The molecule has 0 saturated heterocycles. The fourth-order valence-corrected chi connectivity index (χ4v) is 0.391. The van der Waals surface area contributed by atoms with Crippen molar-refractivity contribution >= 4 is 17.6 Å². The number of halogens is 1. The summed E-state index contributed by atoms with van der Waals surface area (Å²) in [5.74, 6) is -0.591. The summed E-state index contributed by atoms with van der Waals surface area (Å²) < 4.78 is 4.31. The normalized spacial score (nSPS) is 16.4. The first-order valence-electron chi connectivity index (χ1n) is 2.60. The zero-order chi connectivity index (χ0) is 7.49. The summed E-state index contributed by atoms with van der Waals surface area (Å²) in [7, 11) is 1.25. The Morgan fingerprint density at radius 2 is 2.33 bits per heavy atom. The average Bonchev–Trinajstić information content (AvgIpc) is 1.86. The highest BCUT2D eigenvalue weighted by atomic mass is 35.5. The summed E-state index contributed by atoms with van der Waals surface area (Å²) in [5, 5.41) is 0. The number of nitrogens with two attached hydrogens (primary N) is 1. The van der Waals surface area contributed by atoms with Gasteiger partial charge in [0.15, 0.2) is 5.00 Å². The number of hydrogen-bond acceptors (Lipinski definition) is 3. The lowest BCUT2D eigenvalue weighted by Gasteiger charge is -2.15. The smallest absolute Gasteiger partial charge is 0.341 e. The van der Waals surface area contributed by atoms with E-state index in [1.807, 2.05) is 0 Å². The van der Waals surface area contributed by atoms with Crippen LogP contribution >= 0.6 is 11.6 Å². The molecule has 2 N–H and O–H groups in total. The third-order valence-electron chi connectivity index (χ3n) is 1.04. The van der Waals surface area contributed by atoms with E-state index in [0.717, 1.165) is 0 Å². The van der Waals surface area contributed by atoms with Gasteiger partial charge in [-0.25, -0.2) is 4.79 Å². The number of alkyl halides is 1. The van der Waals surface area contributed by atoms with Gasteiger partial charge in [0.1, 0.15) is 0 Å². The number of carbonyl (C=O) groups excluding carboxylic acids is 1. The van der Waals surface area contributed by atoms with Gasteiger partial charge >= 0.3 is 5.97 Å². The van der Waals surface area contributed by atoms with Crippen molar-refractivity contribution in [3.8, 4) is 0 Å². The molecule has 0 aliphatic rings. The summed E-state index contributed by atoms with van der Waals surface area (Å²) >= 11 is 5.47. The fourth-order valence-electron chi connectivity index (χ4n) is 0.314. The lowest BCUT2D eigenvalue weighted by Crippen LogP contribution is -2.42. The molecule has 54 valence electrons. The van der Waals surface area contributed by atoms with Gasteiger partial charge in [-0.1, -0.05) is 18.5 Å².